The molecule has 3 aliphatic rings. The zero-order valence-corrected chi connectivity index (χ0v) is 19.2. The number of carbonyl (C=O) groups excluding carboxylic acids is 4. The molecule has 2 aliphatic carbocycles. The second-order valence-corrected chi connectivity index (χ2v) is 9.87. The third-order valence-corrected chi connectivity index (χ3v) is 8.48. The second-order valence-electron chi connectivity index (χ2n) is 7.60. The predicted octanol–water partition coefficient (Wildman–Crippen LogP) is 3.05. The normalized spacial score (nSPS) is 31.8. The summed E-state index contributed by atoms with van der Waals surface area (Å²) in [5.41, 5.74) is 0.434. The highest BCUT2D eigenvalue weighted by molar-refractivity contribution is 9.10. The zero-order chi connectivity index (χ0) is 21.7. The van der Waals surface area contributed by atoms with Gasteiger partial charge in [-0.3, -0.25) is 24.1 Å². The minimum atomic E-state index is -0.849. The number of hydrogen-bond acceptors (Lipinski definition) is 5. The fourth-order valence-corrected chi connectivity index (χ4v) is 5.98. The Bertz CT molecular complexity index is 913. The summed E-state index contributed by atoms with van der Waals surface area (Å²) in [6.07, 6.45) is 0.647. The first-order valence-corrected chi connectivity index (χ1v) is 11.3. The van der Waals surface area contributed by atoms with Crippen molar-refractivity contribution in [2.24, 2.45) is 23.7 Å². The molecule has 0 unspecified atom stereocenters. The highest BCUT2D eigenvalue weighted by atomic mass is 79.9. The predicted molar refractivity (Wildman–Crippen MR) is 113 cm³/mol. The molecule has 1 aromatic rings. The molecule has 4 rings (SSSR count). The molecule has 3 fully saturated rings. The van der Waals surface area contributed by atoms with Gasteiger partial charge in [-0.05, 0) is 52.4 Å². The summed E-state index contributed by atoms with van der Waals surface area (Å²) >= 11 is 21.8. The Kier molecular flexibility index (Phi) is 6.05. The van der Waals surface area contributed by atoms with Crippen LogP contribution in [0.4, 0.5) is 5.69 Å². The maximum atomic E-state index is 12.7. The van der Waals surface area contributed by atoms with Gasteiger partial charge in [-0.1, -0.05) is 11.6 Å². The number of fused-ring (bicyclic) bond motifs is 5. The number of likely N-dealkylation sites (tertiary alicyclic amines) is 1. The average Bonchev–Trinajstić information content (AvgIpc) is 3.30. The Morgan fingerprint density at radius 2 is 1.73 bits per heavy atom. The molecule has 1 heterocycles. The standard InChI is InChI=1S/C19H16BrCl3N2O5/c20-10-2-1-7(3-11(10)21)24-12(26)6-30-13(27)5-25-18(28)14-8-4-9(15(14)19(25)29)17(23)16(8)22/h1-3,8-9,14-17H,4-6H2,(H,24,26)/t8-,9-,14-,15+,16-,17+/m1/s1. The number of nitrogens with zero attached hydrogens (tertiary/aromatic N) is 1. The zero-order valence-electron chi connectivity index (χ0n) is 15.3. The molecule has 1 aromatic carbocycles. The van der Waals surface area contributed by atoms with Crippen LogP contribution in [0.3, 0.4) is 0 Å². The van der Waals surface area contributed by atoms with E-state index in [9.17, 15) is 19.2 Å². The van der Waals surface area contributed by atoms with E-state index in [0.29, 0.717) is 21.6 Å². The quantitative estimate of drug-likeness (QED) is 0.354. The van der Waals surface area contributed by atoms with Crippen molar-refractivity contribution in [3.05, 3.63) is 27.7 Å². The smallest absolute Gasteiger partial charge is 0.326 e. The molecule has 30 heavy (non-hydrogen) atoms. The average molecular weight is 539 g/mol. The molecule has 7 nitrogen and oxygen atoms in total. The second kappa shape index (κ2) is 8.30. The molecule has 160 valence electrons. The number of rotatable bonds is 5. The van der Waals surface area contributed by atoms with Gasteiger partial charge in [-0.2, -0.15) is 0 Å². The fraction of sp³-hybridized carbons (Fsp3) is 0.474. The first-order chi connectivity index (χ1) is 14.2. The van der Waals surface area contributed by atoms with Gasteiger partial charge in [0.2, 0.25) is 11.8 Å². The topological polar surface area (TPSA) is 92.8 Å². The van der Waals surface area contributed by atoms with Crippen LogP contribution in [0.2, 0.25) is 5.02 Å². The number of hydrogen-bond donors (Lipinski definition) is 1. The summed E-state index contributed by atoms with van der Waals surface area (Å²) in [6, 6.07) is 4.82. The van der Waals surface area contributed by atoms with E-state index in [1.54, 1.807) is 12.1 Å². The van der Waals surface area contributed by atoms with Gasteiger partial charge in [0.05, 0.1) is 27.6 Å². The number of halogens is 4. The monoisotopic (exact) mass is 536 g/mol. The lowest BCUT2D eigenvalue weighted by atomic mass is 9.80. The van der Waals surface area contributed by atoms with Crippen molar-refractivity contribution >= 4 is 80.1 Å². The van der Waals surface area contributed by atoms with Crippen molar-refractivity contribution in [2.75, 3.05) is 18.5 Å². The maximum absolute atomic E-state index is 12.7. The number of anilines is 1. The summed E-state index contributed by atoms with van der Waals surface area (Å²) in [6.45, 7) is -1.10. The van der Waals surface area contributed by atoms with E-state index >= 15 is 0 Å². The van der Waals surface area contributed by atoms with E-state index in [2.05, 4.69) is 21.2 Å². The number of imide groups is 1. The van der Waals surface area contributed by atoms with Crippen molar-refractivity contribution in [2.45, 2.75) is 17.2 Å². The molecule has 0 aromatic heterocycles. The van der Waals surface area contributed by atoms with E-state index in [4.69, 9.17) is 39.5 Å². The first-order valence-electron chi connectivity index (χ1n) is 9.23. The SMILES string of the molecule is O=C(COC(=O)CN1C(=O)[C@@H]2[C@H]3C[C@@H]([C@H](Cl)[C@@H]3Cl)[C@@H]2C1=O)Nc1ccc(Br)c(Cl)c1. The van der Waals surface area contributed by atoms with Crippen molar-refractivity contribution in [1.82, 2.24) is 4.90 Å². The van der Waals surface area contributed by atoms with Crippen LogP contribution in [0.15, 0.2) is 22.7 Å². The van der Waals surface area contributed by atoms with Gasteiger partial charge in [-0.15, -0.1) is 23.2 Å². The summed E-state index contributed by atoms with van der Waals surface area (Å²) in [7, 11) is 0. The number of alkyl halides is 2. The molecule has 1 aliphatic heterocycles. The Hall–Kier alpha value is -1.35. The van der Waals surface area contributed by atoms with Crippen molar-refractivity contribution in [3.8, 4) is 0 Å². The van der Waals surface area contributed by atoms with E-state index < -0.39 is 48.7 Å². The largest absolute Gasteiger partial charge is 0.454 e. The minimum absolute atomic E-state index is 0.162. The van der Waals surface area contributed by atoms with E-state index in [0.717, 1.165) is 4.90 Å². The van der Waals surface area contributed by atoms with Gasteiger partial charge in [0.1, 0.15) is 6.54 Å². The molecular weight excluding hydrogens is 522 g/mol. The molecule has 2 bridgehead atoms. The van der Waals surface area contributed by atoms with E-state index in [-0.39, 0.29) is 22.6 Å². The number of benzene rings is 1. The van der Waals surface area contributed by atoms with E-state index in [1.165, 1.54) is 6.07 Å². The number of carbonyl (C=O) groups is 4. The van der Waals surface area contributed by atoms with Crippen LogP contribution in [0.1, 0.15) is 6.42 Å². The van der Waals surface area contributed by atoms with Crippen molar-refractivity contribution < 1.29 is 23.9 Å². The summed E-state index contributed by atoms with van der Waals surface area (Å²) < 4.78 is 5.60. The van der Waals surface area contributed by atoms with Gasteiger partial charge >= 0.3 is 5.97 Å². The van der Waals surface area contributed by atoms with Crippen molar-refractivity contribution in [1.29, 1.82) is 0 Å². The first kappa shape index (κ1) is 21.9. The molecule has 1 N–H and O–H groups in total. The molecule has 3 amide bonds. The Morgan fingerprint density at radius 1 is 1.13 bits per heavy atom. The van der Waals surface area contributed by atoms with Crippen LogP contribution < -0.4 is 5.32 Å². The highest BCUT2D eigenvalue weighted by Crippen LogP contribution is 2.59. The molecule has 0 spiro atoms. The Morgan fingerprint density at radius 3 is 2.30 bits per heavy atom. The highest BCUT2D eigenvalue weighted by Gasteiger charge is 2.66. The molecule has 2 saturated carbocycles. The molecule has 6 atom stereocenters. The van der Waals surface area contributed by atoms with E-state index in [1.807, 2.05) is 0 Å². The lowest BCUT2D eigenvalue weighted by Crippen LogP contribution is -2.38. The lowest BCUT2D eigenvalue weighted by Gasteiger charge is -2.28. The Balaban J connectivity index is 1.31. The van der Waals surface area contributed by atoms with Crippen LogP contribution in [0.25, 0.3) is 0 Å². The fourth-order valence-electron chi connectivity index (χ4n) is 4.66. The third kappa shape index (κ3) is 3.72. The van der Waals surface area contributed by atoms with Crippen LogP contribution in [-0.2, 0) is 23.9 Å². The van der Waals surface area contributed by atoms with Gasteiger partial charge < -0.3 is 10.1 Å². The van der Waals surface area contributed by atoms with Gasteiger partial charge in [0, 0.05) is 10.2 Å². The molecule has 1 saturated heterocycles. The van der Waals surface area contributed by atoms with Gasteiger partial charge in [-0.25, -0.2) is 0 Å². The Labute approximate surface area is 195 Å². The van der Waals surface area contributed by atoms with Crippen LogP contribution >= 0.6 is 50.7 Å². The number of nitrogens with one attached hydrogen (secondary N) is 1. The minimum Gasteiger partial charge on any atom is -0.454 e. The summed E-state index contributed by atoms with van der Waals surface area (Å²) in [5, 5.41) is 2.22. The summed E-state index contributed by atoms with van der Waals surface area (Å²) in [5.74, 6) is -3.65. The summed E-state index contributed by atoms with van der Waals surface area (Å²) in [4.78, 5) is 50.5. The van der Waals surface area contributed by atoms with Gasteiger partial charge in [0.25, 0.3) is 5.91 Å². The van der Waals surface area contributed by atoms with Crippen LogP contribution in [0.5, 0.6) is 0 Å². The van der Waals surface area contributed by atoms with Crippen molar-refractivity contribution in [3.63, 3.8) is 0 Å². The number of ether oxygens (including phenoxy) is 1. The molecular formula is C19H16BrCl3N2O5. The number of esters is 1. The maximum Gasteiger partial charge on any atom is 0.326 e. The third-order valence-electron chi connectivity index (χ3n) is 5.93. The molecule has 0 radical (unpaired) electrons. The molecule has 11 heteroatoms. The lowest BCUT2D eigenvalue weighted by molar-refractivity contribution is -0.154. The van der Waals surface area contributed by atoms with Crippen LogP contribution in [0, 0.1) is 23.7 Å². The number of amides is 3. The van der Waals surface area contributed by atoms with Gasteiger partial charge in [0.15, 0.2) is 6.61 Å². The van der Waals surface area contributed by atoms with Crippen LogP contribution in [-0.4, -0.2) is 52.5 Å².